The van der Waals surface area contributed by atoms with Gasteiger partial charge in [0, 0.05) is 6.54 Å². The van der Waals surface area contributed by atoms with Gasteiger partial charge in [-0.05, 0) is 57.8 Å². The van der Waals surface area contributed by atoms with Gasteiger partial charge in [0.15, 0.2) is 0 Å². The van der Waals surface area contributed by atoms with Crippen LogP contribution in [0.3, 0.4) is 0 Å². The van der Waals surface area contributed by atoms with Crippen molar-refractivity contribution < 1.29 is 4.74 Å². The second kappa shape index (κ2) is 7.68. The Morgan fingerprint density at radius 2 is 1.55 bits per heavy atom. The molecule has 1 atom stereocenters. The maximum Gasteiger partial charge on any atom is 0.125 e. The van der Waals surface area contributed by atoms with Crippen LogP contribution in [0.25, 0.3) is 0 Å². The molecule has 20 heavy (non-hydrogen) atoms. The third-order valence-electron chi connectivity index (χ3n) is 4.19. The van der Waals surface area contributed by atoms with Gasteiger partial charge in [0.2, 0.25) is 0 Å². The molecule has 0 radical (unpaired) electrons. The molecule has 2 rings (SSSR count). The molecule has 2 nitrogen and oxygen atoms in total. The first-order valence-electron chi connectivity index (χ1n) is 8.12. The standard InChI is InChI=1S/C18H29NO/c1-15-10-9-11-16(2)18(15)20-17(3)14-19-12-7-5-4-6-8-13-19/h9-11,17H,4-8,12-14H2,1-3H3. The van der Waals surface area contributed by atoms with Gasteiger partial charge in [-0.15, -0.1) is 0 Å². The molecule has 0 aromatic heterocycles. The number of para-hydroxylation sites is 1. The molecule has 1 heterocycles. The minimum Gasteiger partial charge on any atom is -0.489 e. The predicted octanol–water partition coefficient (Wildman–Crippen LogP) is 4.34. The van der Waals surface area contributed by atoms with Crippen LogP contribution >= 0.6 is 0 Å². The molecule has 0 amide bonds. The lowest BCUT2D eigenvalue weighted by molar-refractivity contribution is 0.137. The highest BCUT2D eigenvalue weighted by Crippen LogP contribution is 2.24. The van der Waals surface area contributed by atoms with Gasteiger partial charge in [0.05, 0.1) is 0 Å². The van der Waals surface area contributed by atoms with E-state index < -0.39 is 0 Å². The number of benzene rings is 1. The largest absolute Gasteiger partial charge is 0.489 e. The van der Waals surface area contributed by atoms with Crippen molar-refractivity contribution >= 4 is 0 Å². The van der Waals surface area contributed by atoms with E-state index in [0.29, 0.717) is 0 Å². The Bertz CT molecular complexity index is 388. The average Bonchev–Trinajstić information content (AvgIpc) is 2.37. The molecule has 1 aliphatic rings. The van der Waals surface area contributed by atoms with Crippen molar-refractivity contribution in [2.75, 3.05) is 19.6 Å². The number of rotatable bonds is 4. The van der Waals surface area contributed by atoms with E-state index in [2.05, 4.69) is 43.9 Å². The second-order valence-electron chi connectivity index (χ2n) is 6.22. The van der Waals surface area contributed by atoms with Gasteiger partial charge in [0.25, 0.3) is 0 Å². The quantitative estimate of drug-likeness (QED) is 0.810. The van der Waals surface area contributed by atoms with Crippen LogP contribution in [0.2, 0.25) is 0 Å². The van der Waals surface area contributed by atoms with E-state index in [0.717, 1.165) is 12.3 Å². The molecule has 1 fully saturated rings. The predicted molar refractivity (Wildman–Crippen MR) is 85.5 cm³/mol. The molecule has 1 aromatic rings. The minimum atomic E-state index is 0.259. The normalized spacial score (nSPS) is 19.1. The maximum absolute atomic E-state index is 6.21. The molecular weight excluding hydrogens is 246 g/mol. The number of nitrogens with zero attached hydrogens (tertiary/aromatic N) is 1. The van der Waals surface area contributed by atoms with E-state index in [4.69, 9.17) is 4.74 Å². The number of likely N-dealkylation sites (tertiary alicyclic amines) is 1. The van der Waals surface area contributed by atoms with Crippen molar-refractivity contribution in [2.24, 2.45) is 0 Å². The summed E-state index contributed by atoms with van der Waals surface area (Å²) in [5.74, 6) is 1.08. The van der Waals surface area contributed by atoms with Gasteiger partial charge in [-0.2, -0.15) is 0 Å². The van der Waals surface area contributed by atoms with Crippen LogP contribution < -0.4 is 4.74 Å². The van der Waals surface area contributed by atoms with Crippen LogP contribution in [0.15, 0.2) is 18.2 Å². The molecule has 1 aromatic carbocycles. The highest BCUT2D eigenvalue weighted by atomic mass is 16.5. The lowest BCUT2D eigenvalue weighted by Crippen LogP contribution is -2.36. The Balaban J connectivity index is 1.89. The summed E-state index contributed by atoms with van der Waals surface area (Å²) in [5.41, 5.74) is 2.48. The Morgan fingerprint density at radius 3 is 2.15 bits per heavy atom. The molecule has 0 spiro atoms. The zero-order chi connectivity index (χ0) is 14.4. The van der Waals surface area contributed by atoms with Gasteiger partial charge in [-0.1, -0.05) is 37.5 Å². The van der Waals surface area contributed by atoms with Crippen molar-refractivity contribution in [3.8, 4) is 5.75 Å². The molecule has 0 N–H and O–H groups in total. The lowest BCUT2D eigenvalue weighted by atomic mass is 10.1. The van der Waals surface area contributed by atoms with E-state index >= 15 is 0 Å². The highest BCUT2D eigenvalue weighted by Gasteiger charge is 2.14. The zero-order valence-electron chi connectivity index (χ0n) is 13.3. The fourth-order valence-electron chi connectivity index (χ4n) is 3.08. The van der Waals surface area contributed by atoms with Crippen molar-refractivity contribution in [3.63, 3.8) is 0 Å². The summed E-state index contributed by atoms with van der Waals surface area (Å²) in [5, 5.41) is 0. The number of hydrogen-bond donors (Lipinski definition) is 0. The molecule has 1 aliphatic heterocycles. The second-order valence-corrected chi connectivity index (χ2v) is 6.22. The number of aryl methyl sites for hydroxylation is 2. The zero-order valence-corrected chi connectivity index (χ0v) is 13.3. The molecule has 0 aliphatic carbocycles. The first-order valence-corrected chi connectivity index (χ1v) is 8.12. The number of ether oxygens (including phenoxy) is 1. The summed E-state index contributed by atoms with van der Waals surface area (Å²) in [6.07, 6.45) is 7.15. The van der Waals surface area contributed by atoms with Crippen molar-refractivity contribution in [2.45, 2.75) is 59.0 Å². The van der Waals surface area contributed by atoms with E-state index in [-0.39, 0.29) is 6.10 Å². The molecule has 1 saturated heterocycles. The van der Waals surface area contributed by atoms with Crippen LogP contribution in [0.1, 0.15) is 50.2 Å². The van der Waals surface area contributed by atoms with Gasteiger partial charge in [-0.25, -0.2) is 0 Å². The Kier molecular flexibility index (Phi) is 5.90. The molecule has 0 bridgehead atoms. The minimum absolute atomic E-state index is 0.259. The summed E-state index contributed by atoms with van der Waals surface area (Å²) in [7, 11) is 0. The summed E-state index contributed by atoms with van der Waals surface area (Å²) < 4.78 is 6.21. The van der Waals surface area contributed by atoms with Crippen molar-refractivity contribution in [1.29, 1.82) is 0 Å². The van der Waals surface area contributed by atoms with Crippen molar-refractivity contribution in [3.05, 3.63) is 29.3 Å². The van der Waals surface area contributed by atoms with Crippen LogP contribution in [-0.4, -0.2) is 30.6 Å². The van der Waals surface area contributed by atoms with E-state index in [9.17, 15) is 0 Å². The fraction of sp³-hybridized carbons (Fsp3) is 0.667. The van der Waals surface area contributed by atoms with E-state index in [1.165, 1.54) is 56.3 Å². The lowest BCUT2D eigenvalue weighted by Gasteiger charge is -2.28. The summed E-state index contributed by atoms with van der Waals surface area (Å²) >= 11 is 0. The van der Waals surface area contributed by atoms with Crippen LogP contribution in [0.4, 0.5) is 0 Å². The van der Waals surface area contributed by atoms with Gasteiger partial charge in [0.1, 0.15) is 11.9 Å². The molecule has 0 saturated carbocycles. The summed E-state index contributed by atoms with van der Waals surface area (Å²) in [4.78, 5) is 2.58. The Hall–Kier alpha value is -1.02. The summed E-state index contributed by atoms with van der Waals surface area (Å²) in [6, 6.07) is 6.36. The topological polar surface area (TPSA) is 12.5 Å². The molecule has 2 heteroatoms. The van der Waals surface area contributed by atoms with Crippen LogP contribution in [-0.2, 0) is 0 Å². The maximum atomic E-state index is 6.21. The van der Waals surface area contributed by atoms with Crippen LogP contribution in [0.5, 0.6) is 5.75 Å². The smallest absolute Gasteiger partial charge is 0.125 e. The number of hydrogen-bond acceptors (Lipinski definition) is 2. The fourth-order valence-corrected chi connectivity index (χ4v) is 3.08. The first-order chi connectivity index (χ1) is 9.66. The Labute approximate surface area is 124 Å². The highest BCUT2D eigenvalue weighted by molar-refractivity contribution is 5.39. The van der Waals surface area contributed by atoms with Gasteiger partial charge < -0.3 is 4.74 Å². The van der Waals surface area contributed by atoms with E-state index in [1.807, 2.05) is 0 Å². The first kappa shape index (κ1) is 15.4. The summed E-state index contributed by atoms with van der Waals surface area (Å²) in [6.45, 7) is 9.98. The molecular formula is C18H29NO. The molecule has 112 valence electrons. The van der Waals surface area contributed by atoms with Crippen molar-refractivity contribution in [1.82, 2.24) is 4.90 Å². The monoisotopic (exact) mass is 275 g/mol. The molecule has 1 unspecified atom stereocenters. The van der Waals surface area contributed by atoms with Gasteiger partial charge >= 0.3 is 0 Å². The Morgan fingerprint density at radius 1 is 1.00 bits per heavy atom. The van der Waals surface area contributed by atoms with Crippen LogP contribution in [0, 0.1) is 13.8 Å². The third kappa shape index (κ3) is 4.52. The van der Waals surface area contributed by atoms with Gasteiger partial charge in [-0.3, -0.25) is 4.90 Å². The average molecular weight is 275 g/mol. The van der Waals surface area contributed by atoms with E-state index in [1.54, 1.807) is 0 Å². The SMILES string of the molecule is Cc1cccc(C)c1OC(C)CN1CCCCCCC1. The third-order valence-corrected chi connectivity index (χ3v) is 4.19.